The number of aromatic nitrogens is 3. The smallest absolute Gasteiger partial charge is 0.216 e. The number of rotatable bonds is 0. The molecule has 0 radical (unpaired) electrons. The molecule has 0 bridgehead atoms. The van der Waals surface area contributed by atoms with Crippen molar-refractivity contribution in [2.75, 3.05) is 5.73 Å². The van der Waals surface area contributed by atoms with Crippen molar-refractivity contribution in [3.63, 3.8) is 0 Å². The Kier molecular flexibility index (Phi) is 2.18. The third-order valence-electron chi connectivity index (χ3n) is 4.26. The van der Waals surface area contributed by atoms with Crippen LogP contribution in [0.5, 0.6) is 0 Å². The molecule has 5 heteroatoms. The van der Waals surface area contributed by atoms with Crippen LogP contribution in [0.25, 0.3) is 33.1 Å². The van der Waals surface area contributed by atoms with E-state index in [2.05, 4.69) is 9.97 Å². The maximum Gasteiger partial charge on any atom is 0.216 e. The average Bonchev–Trinajstić information content (AvgIpc) is 2.59. The van der Waals surface area contributed by atoms with Crippen LogP contribution in [0.15, 0.2) is 48.8 Å². The summed E-state index contributed by atoms with van der Waals surface area (Å²) in [4.78, 5) is 26.2. The molecular weight excluding hydrogens is 288 g/mol. The summed E-state index contributed by atoms with van der Waals surface area (Å²) in [6.07, 6.45) is 3.26. The number of nitrogens with two attached hydrogens (primary N) is 1. The van der Waals surface area contributed by atoms with Crippen LogP contribution in [0.3, 0.4) is 0 Å². The quantitative estimate of drug-likeness (QED) is 0.444. The first kappa shape index (κ1) is 12.2. The summed E-state index contributed by atoms with van der Waals surface area (Å²) in [7, 11) is 0. The van der Waals surface area contributed by atoms with Gasteiger partial charge < -0.3 is 5.73 Å². The fraction of sp³-hybridized carbons (Fsp3) is 0. The second-order valence-electron chi connectivity index (χ2n) is 5.51. The van der Waals surface area contributed by atoms with Crippen LogP contribution < -0.4 is 5.73 Å². The number of pyridine rings is 3. The Morgan fingerprint density at radius 2 is 1.61 bits per heavy atom. The molecule has 23 heavy (non-hydrogen) atoms. The molecule has 0 unspecified atom stereocenters. The lowest BCUT2D eigenvalue weighted by atomic mass is 9.90. The molecule has 0 fully saturated rings. The van der Waals surface area contributed by atoms with Gasteiger partial charge >= 0.3 is 0 Å². The van der Waals surface area contributed by atoms with Gasteiger partial charge in [-0.2, -0.15) is 0 Å². The van der Waals surface area contributed by atoms with Crippen LogP contribution in [0.2, 0.25) is 0 Å². The Labute approximate surface area is 130 Å². The number of ketones is 1. The van der Waals surface area contributed by atoms with Crippen LogP contribution in [0, 0.1) is 0 Å². The highest BCUT2D eigenvalue weighted by Gasteiger charge is 2.30. The second kappa shape index (κ2) is 4.10. The van der Waals surface area contributed by atoms with E-state index in [-0.39, 0.29) is 5.78 Å². The van der Waals surface area contributed by atoms with Crippen LogP contribution in [0.1, 0.15) is 16.1 Å². The average molecular weight is 298 g/mol. The van der Waals surface area contributed by atoms with E-state index in [9.17, 15) is 4.79 Å². The van der Waals surface area contributed by atoms with Gasteiger partial charge in [-0.1, -0.05) is 18.2 Å². The number of para-hydroxylation sites is 1. The molecule has 5 rings (SSSR count). The third-order valence-corrected chi connectivity index (χ3v) is 4.26. The standard InChI is InChI=1S/C18H10N4O/c19-11-6-8-20-15-14(11)18(23)17-13-10(5-7-21-17)9-3-1-2-4-12(9)22-16(13)15/h1-8H,(H2,19,20). The van der Waals surface area contributed by atoms with Gasteiger partial charge in [-0.05, 0) is 23.6 Å². The molecule has 0 aliphatic heterocycles. The molecular formula is C18H10N4O. The van der Waals surface area contributed by atoms with E-state index in [1.807, 2.05) is 30.3 Å². The topological polar surface area (TPSA) is 81.8 Å². The molecule has 1 aliphatic carbocycles. The van der Waals surface area contributed by atoms with E-state index in [1.54, 1.807) is 18.5 Å². The van der Waals surface area contributed by atoms with Crippen molar-refractivity contribution in [1.82, 2.24) is 15.0 Å². The van der Waals surface area contributed by atoms with E-state index in [4.69, 9.17) is 10.7 Å². The van der Waals surface area contributed by atoms with Crippen molar-refractivity contribution in [2.24, 2.45) is 0 Å². The van der Waals surface area contributed by atoms with Crippen molar-refractivity contribution < 1.29 is 4.79 Å². The number of carbonyl (C=O) groups excluding carboxylic acids is 1. The van der Waals surface area contributed by atoms with Crippen LogP contribution in [-0.4, -0.2) is 20.7 Å². The Balaban J connectivity index is 2.10. The van der Waals surface area contributed by atoms with E-state index in [0.717, 1.165) is 21.7 Å². The zero-order chi connectivity index (χ0) is 15.6. The molecule has 0 saturated carbocycles. The normalized spacial score (nSPS) is 12.6. The Morgan fingerprint density at radius 1 is 0.826 bits per heavy atom. The van der Waals surface area contributed by atoms with Gasteiger partial charge in [-0.25, -0.2) is 4.98 Å². The summed E-state index contributed by atoms with van der Waals surface area (Å²) in [5, 5.41) is 2.70. The number of anilines is 1. The molecule has 108 valence electrons. The predicted molar refractivity (Wildman–Crippen MR) is 88.1 cm³/mol. The first-order valence-corrected chi connectivity index (χ1v) is 7.22. The Morgan fingerprint density at radius 3 is 2.52 bits per heavy atom. The maximum absolute atomic E-state index is 12.8. The lowest BCUT2D eigenvalue weighted by Crippen LogP contribution is -2.16. The van der Waals surface area contributed by atoms with Gasteiger partial charge in [-0.15, -0.1) is 0 Å². The number of nitrogens with zero attached hydrogens (tertiary/aromatic N) is 3. The van der Waals surface area contributed by atoms with Crippen molar-refractivity contribution in [2.45, 2.75) is 0 Å². The van der Waals surface area contributed by atoms with E-state index in [1.165, 1.54) is 0 Å². The molecule has 1 aliphatic rings. The molecule has 0 saturated heterocycles. The van der Waals surface area contributed by atoms with Crippen LogP contribution in [0.4, 0.5) is 5.69 Å². The summed E-state index contributed by atoms with van der Waals surface area (Å²) in [5.41, 5.74) is 9.26. The SMILES string of the molecule is Nc1ccnc2c1C(=O)c1nccc3c1c-2nc1ccccc13. The maximum atomic E-state index is 12.8. The number of hydrogen-bond donors (Lipinski definition) is 1. The summed E-state index contributed by atoms with van der Waals surface area (Å²) in [6, 6.07) is 11.4. The predicted octanol–water partition coefficient (Wildman–Crippen LogP) is 2.97. The third kappa shape index (κ3) is 1.46. The molecule has 0 spiro atoms. The number of hydrogen-bond acceptors (Lipinski definition) is 5. The lowest BCUT2D eigenvalue weighted by Gasteiger charge is -2.19. The fourth-order valence-electron chi connectivity index (χ4n) is 3.26. The molecule has 2 N–H and O–H groups in total. The van der Waals surface area contributed by atoms with Crippen molar-refractivity contribution in [1.29, 1.82) is 0 Å². The molecule has 3 heterocycles. The van der Waals surface area contributed by atoms with Gasteiger partial charge in [0, 0.05) is 28.9 Å². The molecule has 0 atom stereocenters. The van der Waals surface area contributed by atoms with E-state index < -0.39 is 0 Å². The summed E-state index contributed by atoms with van der Waals surface area (Å²) < 4.78 is 0. The van der Waals surface area contributed by atoms with Gasteiger partial charge in [0.25, 0.3) is 0 Å². The molecule has 1 aromatic carbocycles. The number of fused-ring (bicyclic) bond motifs is 4. The summed E-state index contributed by atoms with van der Waals surface area (Å²) in [6.45, 7) is 0. The van der Waals surface area contributed by atoms with Crippen molar-refractivity contribution in [3.05, 3.63) is 60.0 Å². The largest absolute Gasteiger partial charge is 0.398 e. The highest BCUT2D eigenvalue weighted by Crippen LogP contribution is 2.40. The first-order valence-electron chi connectivity index (χ1n) is 7.22. The number of nitrogen functional groups attached to an aromatic ring is 1. The first-order chi connectivity index (χ1) is 11.3. The number of benzene rings is 1. The van der Waals surface area contributed by atoms with Gasteiger partial charge in [-0.3, -0.25) is 14.8 Å². The zero-order valence-corrected chi connectivity index (χ0v) is 11.9. The highest BCUT2D eigenvalue weighted by atomic mass is 16.1. The van der Waals surface area contributed by atoms with Crippen LogP contribution in [-0.2, 0) is 0 Å². The second-order valence-corrected chi connectivity index (χ2v) is 5.51. The molecule has 4 aromatic rings. The molecule has 0 amide bonds. The van der Waals surface area contributed by atoms with E-state index >= 15 is 0 Å². The minimum atomic E-state index is -0.194. The van der Waals surface area contributed by atoms with Gasteiger partial charge in [0.15, 0.2) is 0 Å². The summed E-state index contributed by atoms with van der Waals surface area (Å²) in [5.74, 6) is -0.194. The molecule has 3 aromatic heterocycles. The molecule has 5 nitrogen and oxygen atoms in total. The van der Waals surface area contributed by atoms with Gasteiger partial charge in [0.2, 0.25) is 5.78 Å². The minimum Gasteiger partial charge on any atom is -0.398 e. The van der Waals surface area contributed by atoms with E-state index in [0.29, 0.717) is 28.3 Å². The Bertz CT molecular complexity index is 1150. The lowest BCUT2D eigenvalue weighted by molar-refractivity contribution is 0.103. The number of carbonyl (C=O) groups is 1. The van der Waals surface area contributed by atoms with Crippen LogP contribution >= 0.6 is 0 Å². The fourth-order valence-corrected chi connectivity index (χ4v) is 3.26. The Hall–Kier alpha value is -3.34. The zero-order valence-electron chi connectivity index (χ0n) is 11.9. The monoisotopic (exact) mass is 298 g/mol. The summed E-state index contributed by atoms with van der Waals surface area (Å²) >= 11 is 0. The van der Waals surface area contributed by atoms with Crippen molar-refractivity contribution >= 4 is 33.1 Å². The van der Waals surface area contributed by atoms with Crippen molar-refractivity contribution in [3.8, 4) is 11.4 Å². The minimum absolute atomic E-state index is 0.194. The van der Waals surface area contributed by atoms with Gasteiger partial charge in [0.05, 0.1) is 11.1 Å². The highest BCUT2D eigenvalue weighted by molar-refractivity contribution is 6.28. The van der Waals surface area contributed by atoms with Gasteiger partial charge in [0.1, 0.15) is 17.1 Å².